The van der Waals surface area contributed by atoms with Gasteiger partial charge in [-0.1, -0.05) is 5.92 Å². The molecule has 0 aromatic carbocycles. The third-order valence-corrected chi connectivity index (χ3v) is 3.13. The molecule has 2 heterocycles. The Morgan fingerprint density at radius 3 is 2.95 bits per heavy atom. The first-order valence-corrected chi connectivity index (χ1v) is 5.83. The minimum absolute atomic E-state index is 0.0247. The summed E-state index contributed by atoms with van der Waals surface area (Å²) in [5, 5.41) is 9.31. The number of rotatable bonds is 5. The molecule has 1 atom stereocenters. The summed E-state index contributed by atoms with van der Waals surface area (Å²) in [5.41, 5.74) is 5.07. The largest absolute Gasteiger partial charge is 0.392 e. The Morgan fingerprint density at radius 1 is 1.60 bits per heavy atom. The van der Waals surface area contributed by atoms with Crippen molar-refractivity contribution >= 4 is 17.0 Å². The van der Waals surface area contributed by atoms with Crippen LogP contribution in [0.4, 0.5) is 10.2 Å². The van der Waals surface area contributed by atoms with Gasteiger partial charge in [0, 0.05) is 20.1 Å². The first-order valence-electron chi connectivity index (χ1n) is 5.83. The van der Waals surface area contributed by atoms with Crippen molar-refractivity contribution in [1.82, 2.24) is 19.5 Å². The van der Waals surface area contributed by atoms with E-state index in [-0.39, 0.29) is 18.1 Å². The Balaban J connectivity index is 2.29. The summed E-state index contributed by atoms with van der Waals surface area (Å²) in [5.74, 6) is 2.39. The van der Waals surface area contributed by atoms with Gasteiger partial charge in [0.2, 0.25) is 0 Å². The lowest BCUT2D eigenvalue weighted by Gasteiger charge is -2.24. The number of aliphatic hydroxyl groups is 1. The quantitative estimate of drug-likeness (QED) is 0.588. The Morgan fingerprint density at radius 2 is 2.35 bits per heavy atom. The number of nitrogens with zero attached hydrogens (tertiary/aromatic N) is 4. The molecule has 1 unspecified atom stereocenters. The van der Waals surface area contributed by atoms with Gasteiger partial charge in [-0.3, -0.25) is 0 Å². The van der Waals surface area contributed by atoms with Crippen LogP contribution in [-0.4, -0.2) is 43.9 Å². The van der Waals surface area contributed by atoms with E-state index in [1.807, 2.05) is 0 Å². The number of fused-ring (bicyclic) bond motifs is 1. The summed E-state index contributed by atoms with van der Waals surface area (Å²) in [6.07, 6.45) is 6.22. The van der Waals surface area contributed by atoms with Gasteiger partial charge in [-0.05, 0) is 0 Å². The van der Waals surface area contributed by atoms with Crippen molar-refractivity contribution in [1.29, 1.82) is 0 Å². The zero-order valence-corrected chi connectivity index (χ0v) is 10.9. The molecule has 0 amide bonds. The van der Waals surface area contributed by atoms with Crippen molar-refractivity contribution in [2.24, 2.45) is 0 Å². The normalized spacial score (nSPS) is 14.1. The highest BCUT2D eigenvalue weighted by Crippen LogP contribution is 2.19. The molecule has 7 nitrogen and oxygen atoms in total. The molecular formula is C12H14FN5O2. The summed E-state index contributed by atoms with van der Waals surface area (Å²) >= 11 is 0. The lowest BCUT2D eigenvalue weighted by atomic mass is 10.0. The fourth-order valence-electron chi connectivity index (χ4n) is 1.83. The molecule has 8 heteroatoms. The van der Waals surface area contributed by atoms with Crippen molar-refractivity contribution in [3.8, 4) is 12.3 Å². The fraction of sp³-hybridized carbons (Fsp3) is 0.417. The number of nitrogens with two attached hydrogens (primary N) is 1. The van der Waals surface area contributed by atoms with Gasteiger partial charge in [-0.2, -0.15) is 14.4 Å². The van der Waals surface area contributed by atoms with E-state index in [0.29, 0.717) is 18.5 Å². The maximum atomic E-state index is 13.2. The van der Waals surface area contributed by atoms with Gasteiger partial charge in [-0.15, -0.1) is 6.42 Å². The van der Waals surface area contributed by atoms with Crippen LogP contribution in [0.2, 0.25) is 0 Å². The highest BCUT2D eigenvalue weighted by atomic mass is 19.1. The number of methoxy groups -OCH3 is 1. The average Bonchev–Trinajstić information content (AvgIpc) is 2.84. The van der Waals surface area contributed by atoms with E-state index < -0.39 is 11.7 Å². The van der Waals surface area contributed by atoms with Gasteiger partial charge >= 0.3 is 6.08 Å². The first-order chi connectivity index (χ1) is 9.55. The van der Waals surface area contributed by atoms with E-state index in [0.717, 1.165) is 0 Å². The molecule has 20 heavy (non-hydrogen) atoms. The lowest BCUT2D eigenvalue weighted by molar-refractivity contribution is -0.0147. The number of anilines is 1. The van der Waals surface area contributed by atoms with Crippen LogP contribution >= 0.6 is 0 Å². The minimum Gasteiger partial charge on any atom is -0.392 e. The van der Waals surface area contributed by atoms with E-state index in [1.54, 1.807) is 4.57 Å². The predicted molar refractivity (Wildman–Crippen MR) is 70.0 cm³/mol. The Kier molecular flexibility index (Phi) is 3.83. The average molecular weight is 279 g/mol. The lowest BCUT2D eigenvalue weighted by Crippen LogP contribution is -2.35. The molecule has 0 saturated heterocycles. The van der Waals surface area contributed by atoms with E-state index >= 15 is 0 Å². The van der Waals surface area contributed by atoms with Crippen molar-refractivity contribution < 1.29 is 14.2 Å². The molecule has 0 bridgehead atoms. The second kappa shape index (κ2) is 5.40. The summed E-state index contributed by atoms with van der Waals surface area (Å²) < 4.78 is 19.9. The minimum atomic E-state index is -1.09. The first kappa shape index (κ1) is 14.2. The third kappa shape index (κ3) is 2.41. The highest BCUT2D eigenvalue weighted by molar-refractivity contribution is 5.81. The van der Waals surface area contributed by atoms with E-state index in [2.05, 4.69) is 20.9 Å². The molecule has 0 aliphatic carbocycles. The summed E-state index contributed by atoms with van der Waals surface area (Å²) in [6.45, 7) is 0.0170. The van der Waals surface area contributed by atoms with Crippen LogP contribution in [0.3, 0.4) is 0 Å². The van der Waals surface area contributed by atoms with E-state index in [1.165, 1.54) is 13.4 Å². The Hall–Kier alpha value is -2.24. The molecule has 0 aliphatic heterocycles. The van der Waals surface area contributed by atoms with Crippen LogP contribution in [0, 0.1) is 18.4 Å². The number of aryl methyl sites for hydroxylation is 1. The molecule has 2 aromatic heterocycles. The standard InChI is InChI=1S/C12H14FN5O2/c1-3-12(6-19,20-2)4-5-18-7-15-8-9(14)16-11(13)17-10(8)18/h1,7,19H,4-6H2,2H3,(H2,14,16,17). The number of hydrogen-bond donors (Lipinski definition) is 2. The molecule has 3 N–H and O–H groups in total. The summed E-state index contributed by atoms with van der Waals surface area (Å²) in [7, 11) is 1.42. The number of aliphatic hydroxyl groups excluding tert-OH is 1. The van der Waals surface area contributed by atoms with Gasteiger partial charge in [0.15, 0.2) is 17.1 Å². The van der Waals surface area contributed by atoms with Crippen LogP contribution in [0.1, 0.15) is 6.42 Å². The van der Waals surface area contributed by atoms with Crippen molar-refractivity contribution in [2.75, 3.05) is 19.5 Å². The third-order valence-electron chi connectivity index (χ3n) is 3.13. The molecule has 0 radical (unpaired) electrons. The van der Waals surface area contributed by atoms with Crippen molar-refractivity contribution in [2.45, 2.75) is 18.6 Å². The van der Waals surface area contributed by atoms with Crippen molar-refractivity contribution in [3.05, 3.63) is 12.4 Å². The number of terminal acetylenes is 1. The topological polar surface area (TPSA) is 99.1 Å². The monoisotopic (exact) mass is 279 g/mol. The number of halogens is 1. The van der Waals surface area contributed by atoms with Crippen LogP contribution in [-0.2, 0) is 11.3 Å². The molecular weight excluding hydrogens is 265 g/mol. The molecule has 0 spiro atoms. The summed E-state index contributed by atoms with van der Waals surface area (Å²) in [6, 6.07) is 0. The fourth-order valence-corrected chi connectivity index (χ4v) is 1.83. The maximum absolute atomic E-state index is 13.2. The SMILES string of the molecule is C#CC(CO)(CCn1cnc2c(N)nc(F)nc21)OC. The van der Waals surface area contributed by atoms with Crippen LogP contribution < -0.4 is 5.73 Å². The second-order valence-corrected chi connectivity index (χ2v) is 4.24. The second-order valence-electron chi connectivity index (χ2n) is 4.24. The molecule has 0 fully saturated rings. The summed E-state index contributed by atoms with van der Waals surface area (Å²) in [4.78, 5) is 11.1. The number of ether oxygens (including phenoxy) is 1. The van der Waals surface area contributed by atoms with E-state index in [4.69, 9.17) is 16.9 Å². The van der Waals surface area contributed by atoms with E-state index in [9.17, 15) is 9.50 Å². The zero-order chi connectivity index (χ0) is 14.8. The Bertz CT molecular complexity index is 660. The maximum Gasteiger partial charge on any atom is 0.312 e. The van der Waals surface area contributed by atoms with Gasteiger partial charge in [0.25, 0.3) is 0 Å². The smallest absolute Gasteiger partial charge is 0.312 e. The van der Waals surface area contributed by atoms with Gasteiger partial charge in [0.1, 0.15) is 5.52 Å². The molecule has 106 valence electrons. The van der Waals surface area contributed by atoms with Gasteiger partial charge < -0.3 is 20.1 Å². The number of imidazole rings is 1. The molecule has 2 aromatic rings. The van der Waals surface area contributed by atoms with Gasteiger partial charge in [-0.25, -0.2) is 4.98 Å². The number of nitrogen functional groups attached to an aromatic ring is 1. The molecule has 0 saturated carbocycles. The van der Waals surface area contributed by atoms with Crippen LogP contribution in [0.25, 0.3) is 11.2 Å². The molecule has 2 rings (SSSR count). The van der Waals surface area contributed by atoms with Crippen LogP contribution in [0.15, 0.2) is 6.33 Å². The van der Waals surface area contributed by atoms with Crippen molar-refractivity contribution in [3.63, 3.8) is 0 Å². The zero-order valence-electron chi connectivity index (χ0n) is 10.9. The number of hydrogen-bond acceptors (Lipinski definition) is 6. The van der Waals surface area contributed by atoms with Crippen LogP contribution in [0.5, 0.6) is 0 Å². The Labute approximate surface area is 114 Å². The predicted octanol–water partition coefficient (Wildman–Crippen LogP) is -0.0516. The number of aromatic nitrogens is 4. The van der Waals surface area contributed by atoms with Gasteiger partial charge in [0.05, 0.1) is 12.9 Å². The molecule has 0 aliphatic rings. The highest BCUT2D eigenvalue weighted by Gasteiger charge is 2.26.